The van der Waals surface area contributed by atoms with E-state index < -0.39 is 10.0 Å². The molecular weight excluding hydrogens is 440 g/mol. The lowest BCUT2D eigenvalue weighted by Gasteiger charge is -2.32. The van der Waals surface area contributed by atoms with Gasteiger partial charge < -0.3 is 5.32 Å². The molecule has 1 amide bonds. The van der Waals surface area contributed by atoms with Crippen molar-refractivity contribution >= 4 is 31.9 Å². The van der Waals surface area contributed by atoms with Crippen molar-refractivity contribution in [2.45, 2.75) is 69.6 Å². The van der Waals surface area contributed by atoms with Gasteiger partial charge in [0.15, 0.2) is 0 Å². The molecule has 1 N–H and O–H groups in total. The fourth-order valence-electron chi connectivity index (χ4n) is 4.20. The van der Waals surface area contributed by atoms with Crippen molar-refractivity contribution in [2.75, 3.05) is 13.1 Å². The average molecular weight is 471 g/mol. The molecule has 1 saturated carbocycles. The lowest BCUT2D eigenvalue weighted by Crippen LogP contribution is -2.45. The van der Waals surface area contributed by atoms with Gasteiger partial charge in [-0.2, -0.15) is 0 Å². The van der Waals surface area contributed by atoms with Crippen LogP contribution in [0.15, 0.2) is 28.7 Å². The van der Waals surface area contributed by atoms with E-state index in [9.17, 15) is 13.2 Å². The Morgan fingerprint density at radius 3 is 2.14 bits per heavy atom. The first-order valence-corrected chi connectivity index (χ1v) is 12.9. The second-order valence-corrected chi connectivity index (χ2v) is 11.0. The van der Waals surface area contributed by atoms with Gasteiger partial charge in [0.05, 0.1) is 5.75 Å². The van der Waals surface area contributed by atoms with Crippen LogP contribution in [0.3, 0.4) is 0 Å². The van der Waals surface area contributed by atoms with E-state index in [0.717, 1.165) is 22.9 Å². The van der Waals surface area contributed by atoms with Crippen molar-refractivity contribution in [3.05, 3.63) is 34.3 Å². The highest BCUT2D eigenvalue weighted by Crippen LogP contribution is 2.24. The van der Waals surface area contributed by atoms with Crippen molar-refractivity contribution in [2.24, 2.45) is 5.92 Å². The number of sulfonamides is 1. The summed E-state index contributed by atoms with van der Waals surface area (Å²) in [6.45, 7) is 0.864. The fraction of sp³-hybridized carbons (Fsp3) is 0.667. The van der Waals surface area contributed by atoms with Crippen molar-refractivity contribution in [3.63, 3.8) is 0 Å². The Hall–Kier alpha value is -0.920. The van der Waals surface area contributed by atoms with Crippen LogP contribution in [0.5, 0.6) is 0 Å². The van der Waals surface area contributed by atoms with Crippen molar-refractivity contribution in [1.29, 1.82) is 0 Å². The lowest BCUT2D eigenvalue weighted by atomic mass is 9.94. The predicted octanol–water partition coefficient (Wildman–Crippen LogP) is 4.22. The zero-order chi connectivity index (χ0) is 20.0. The Bertz CT molecular complexity index is 735. The van der Waals surface area contributed by atoms with Gasteiger partial charge in [-0.1, -0.05) is 60.2 Å². The Morgan fingerprint density at radius 1 is 0.964 bits per heavy atom. The maximum Gasteiger partial charge on any atom is 0.223 e. The fourth-order valence-corrected chi connectivity index (χ4v) is 6.03. The van der Waals surface area contributed by atoms with E-state index in [2.05, 4.69) is 21.2 Å². The Kier molecular flexibility index (Phi) is 7.94. The van der Waals surface area contributed by atoms with Gasteiger partial charge in [-0.25, -0.2) is 12.7 Å². The molecular formula is C21H31BrN2O3S. The first-order valence-electron chi connectivity index (χ1n) is 10.5. The Balaban J connectivity index is 1.48. The van der Waals surface area contributed by atoms with E-state index in [1.807, 2.05) is 24.3 Å². The van der Waals surface area contributed by atoms with E-state index in [-0.39, 0.29) is 17.6 Å². The van der Waals surface area contributed by atoms with Crippen molar-refractivity contribution in [3.8, 4) is 0 Å². The van der Waals surface area contributed by atoms with Crippen molar-refractivity contribution < 1.29 is 13.2 Å². The molecule has 1 aromatic rings. The highest BCUT2D eigenvalue weighted by Gasteiger charge is 2.31. The summed E-state index contributed by atoms with van der Waals surface area (Å²) in [6.07, 6.45) is 9.60. The van der Waals surface area contributed by atoms with Gasteiger partial charge in [0.25, 0.3) is 0 Å². The predicted molar refractivity (Wildman–Crippen MR) is 115 cm³/mol. The number of benzene rings is 1. The van der Waals surface area contributed by atoms with Crippen LogP contribution in [0.4, 0.5) is 0 Å². The van der Waals surface area contributed by atoms with E-state index >= 15 is 0 Å². The molecule has 1 aliphatic carbocycles. The maximum absolute atomic E-state index is 12.7. The van der Waals surface area contributed by atoms with E-state index in [1.54, 1.807) is 4.31 Å². The quantitative estimate of drug-likeness (QED) is 0.700. The summed E-state index contributed by atoms with van der Waals surface area (Å²) in [5, 5.41) is 3.24. The summed E-state index contributed by atoms with van der Waals surface area (Å²) in [5.74, 6) is 0.0688. The molecule has 2 fully saturated rings. The monoisotopic (exact) mass is 470 g/mol. The summed E-state index contributed by atoms with van der Waals surface area (Å²) in [6, 6.07) is 7.67. The van der Waals surface area contributed by atoms with Gasteiger partial charge in [-0.3, -0.25) is 4.79 Å². The van der Waals surface area contributed by atoms with Crippen LogP contribution in [-0.2, 0) is 20.6 Å². The van der Waals surface area contributed by atoms with Gasteiger partial charge >= 0.3 is 0 Å². The third kappa shape index (κ3) is 6.29. The van der Waals surface area contributed by atoms with Gasteiger partial charge in [-0.15, -0.1) is 0 Å². The molecule has 1 aromatic carbocycles. The normalized spacial score (nSPS) is 21.0. The second kappa shape index (κ2) is 10.2. The highest BCUT2D eigenvalue weighted by atomic mass is 79.9. The number of nitrogens with one attached hydrogen (secondary N) is 1. The van der Waals surface area contributed by atoms with Crippen LogP contribution in [0.25, 0.3) is 0 Å². The third-order valence-electron chi connectivity index (χ3n) is 5.93. The van der Waals surface area contributed by atoms with Crippen LogP contribution in [0.1, 0.15) is 63.4 Å². The van der Waals surface area contributed by atoms with Gasteiger partial charge in [-0.05, 0) is 43.4 Å². The molecule has 156 valence electrons. The summed E-state index contributed by atoms with van der Waals surface area (Å²) in [7, 11) is -3.35. The SMILES string of the molecule is O=C(NC1CCCCCCC1)C1CCN(S(=O)(=O)Cc2ccc(Br)cc2)CC1. The molecule has 0 bridgehead atoms. The minimum atomic E-state index is -3.35. The van der Waals surface area contributed by atoms with Crippen LogP contribution < -0.4 is 5.32 Å². The van der Waals surface area contributed by atoms with Gasteiger partial charge in [0.1, 0.15) is 0 Å². The minimum Gasteiger partial charge on any atom is -0.353 e. The van der Waals surface area contributed by atoms with E-state index in [4.69, 9.17) is 0 Å². The molecule has 1 aliphatic heterocycles. The third-order valence-corrected chi connectivity index (χ3v) is 8.31. The summed E-state index contributed by atoms with van der Waals surface area (Å²) < 4.78 is 27.9. The molecule has 3 rings (SSSR count). The van der Waals surface area contributed by atoms with Crippen LogP contribution >= 0.6 is 15.9 Å². The van der Waals surface area contributed by atoms with E-state index in [1.165, 1.54) is 32.1 Å². The number of halogens is 1. The molecule has 2 aliphatic rings. The minimum absolute atomic E-state index is 0.0131. The smallest absolute Gasteiger partial charge is 0.223 e. The molecule has 1 saturated heterocycles. The number of carbonyl (C=O) groups is 1. The number of nitrogens with zero attached hydrogens (tertiary/aromatic N) is 1. The summed E-state index contributed by atoms with van der Waals surface area (Å²) in [4.78, 5) is 12.7. The maximum atomic E-state index is 12.7. The summed E-state index contributed by atoms with van der Waals surface area (Å²) in [5.41, 5.74) is 0.785. The van der Waals surface area contributed by atoms with Gasteiger partial charge in [0, 0.05) is 29.5 Å². The first-order chi connectivity index (χ1) is 13.4. The molecule has 0 radical (unpaired) electrons. The number of piperidine rings is 1. The topological polar surface area (TPSA) is 66.5 Å². The zero-order valence-corrected chi connectivity index (χ0v) is 18.8. The molecule has 7 heteroatoms. The summed E-state index contributed by atoms with van der Waals surface area (Å²) >= 11 is 3.37. The van der Waals surface area contributed by atoms with Crippen molar-refractivity contribution in [1.82, 2.24) is 9.62 Å². The number of rotatable bonds is 5. The molecule has 5 nitrogen and oxygen atoms in total. The number of hydrogen-bond acceptors (Lipinski definition) is 3. The Labute approximate surface area is 177 Å². The highest BCUT2D eigenvalue weighted by molar-refractivity contribution is 9.10. The molecule has 28 heavy (non-hydrogen) atoms. The molecule has 0 unspecified atom stereocenters. The second-order valence-electron chi connectivity index (χ2n) is 8.11. The lowest BCUT2D eigenvalue weighted by molar-refractivity contribution is -0.127. The molecule has 0 aromatic heterocycles. The van der Waals surface area contributed by atoms with Crippen LogP contribution in [0, 0.1) is 5.92 Å². The zero-order valence-electron chi connectivity index (χ0n) is 16.4. The Morgan fingerprint density at radius 2 is 1.54 bits per heavy atom. The largest absolute Gasteiger partial charge is 0.353 e. The number of hydrogen-bond donors (Lipinski definition) is 1. The molecule has 0 spiro atoms. The first kappa shape index (κ1) is 21.8. The van der Waals surface area contributed by atoms with Gasteiger partial charge in [0.2, 0.25) is 15.9 Å². The molecule has 0 atom stereocenters. The standard InChI is InChI=1S/C21H31BrN2O3S/c22-19-10-8-17(9-11-19)16-28(26,27)24-14-12-18(13-15-24)21(25)23-20-6-4-2-1-3-5-7-20/h8-11,18,20H,1-7,12-16H2,(H,23,25). The van der Waals surface area contributed by atoms with E-state index in [0.29, 0.717) is 32.0 Å². The number of amides is 1. The number of carbonyl (C=O) groups excluding carboxylic acids is 1. The van der Waals surface area contributed by atoms with Crippen LogP contribution in [-0.4, -0.2) is 37.8 Å². The van der Waals surface area contributed by atoms with Crippen LogP contribution in [0.2, 0.25) is 0 Å². The average Bonchev–Trinajstić information content (AvgIpc) is 2.65. The molecule has 1 heterocycles.